The minimum Gasteiger partial charge on any atom is -0.493 e. The fourth-order valence-corrected chi connectivity index (χ4v) is 5.61. The maximum atomic E-state index is 13.7. The number of nitrogens with one attached hydrogen (secondary N) is 2. The van der Waals surface area contributed by atoms with Gasteiger partial charge in [-0.2, -0.15) is 0 Å². The number of hydrogen-bond donors (Lipinski definition) is 2. The van der Waals surface area contributed by atoms with Gasteiger partial charge in [0, 0.05) is 37.4 Å². The van der Waals surface area contributed by atoms with E-state index in [2.05, 4.69) is 29.5 Å². The summed E-state index contributed by atoms with van der Waals surface area (Å²) in [5.74, 6) is 1.49. The fraction of sp³-hybridized carbons (Fsp3) is 0.344. The zero-order chi connectivity index (χ0) is 29.5. The Kier molecular flexibility index (Phi) is 7.14. The maximum Gasteiger partial charge on any atom is 0.261 e. The van der Waals surface area contributed by atoms with Crippen molar-refractivity contribution in [2.24, 2.45) is 10.9 Å². The minimum absolute atomic E-state index is 0.141. The quantitative estimate of drug-likeness (QED) is 0.353. The molecule has 0 saturated carbocycles. The second-order valence-electron chi connectivity index (χ2n) is 10.7. The molecule has 0 radical (unpaired) electrons. The summed E-state index contributed by atoms with van der Waals surface area (Å²) in [6.07, 6.45) is 2.45. The Morgan fingerprint density at radius 2 is 1.62 bits per heavy atom. The van der Waals surface area contributed by atoms with Crippen LogP contribution in [0, 0.1) is 5.92 Å². The average Bonchev–Trinajstić information content (AvgIpc) is 3.31. The molecule has 3 heterocycles. The molecule has 2 N–H and O–H groups in total. The Hall–Kier alpha value is -4.73. The van der Waals surface area contributed by atoms with Crippen molar-refractivity contribution >= 4 is 35.1 Å². The number of para-hydroxylation sites is 1. The van der Waals surface area contributed by atoms with Crippen LogP contribution in [-0.4, -0.2) is 50.7 Å². The molecule has 3 aromatic rings. The number of anilines is 2. The van der Waals surface area contributed by atoms with Gasteiger partial charge in [-0.25, -0.2) is 0 Å². The molecule has 3 aliphatic heterocycles. The number of nitrogens with zero attached hydrogens (tertiary/aromatic N) is 2. The van der Waals surface area contributed by atoms with Gasteiger partial charge < -0.3 is 29.6 Å². The molecule has 0 bridgehead atoms. The molecular weight excluding hydrogens is 536 g/mol. The number of methoxy groups -OCH3 is 2. The largest absolute Gasteiger partial charge is 0.493 e. The molecule has 218 valence electrons. The molecule has 0 saturated heterocycles. The third-order valence-corrected chi connectivity index (χ3v) is 8.07. The number of aliphatic imine (C=N–C) groups is 1. The van der Waals surface area contributed by atoms with Gasteiger partial charge in [0.05, 0.1) is 42.8 Å². The molecule has 0 aromatic heterocycles. The Balaban J connectivity index is 1.26. The molecule has 3 aromatic carbocycles. The van der Waals surface area contributed by atoms with Crippen molar-refractivity contribution in [1.82, 2.24) is 5.32 Å². The van der Waals surface area contributed by atoms with Crippen molar-refractivity contribution in [3.05, 3.63) is 65.2 Å². The highest BCUT2D eigenvalue weighted by Gasteiger charge is 2.36. The first kappa shape index (κ1) is 27.4. The number of carbonyl (C=O) groups is 2. The molecule has 10 nitrogen and oxygen atoms in total. The molecular formula is C32H34N4O6. The van der Waals surface area contributed by atoms with Crippen LogP contribution in [0.1, 0.15) is 53.5 Å². The Morgan fingerprint density at radius 1 is 0.929 bits per heavy atom. The lowest BCUT2D eigenvalue weighted by molar-refractivity contribution is 0.0184. The Labute approximate surface area is 244 Å². The van der Waals surface area contributed by atoms with Gasteiger partial charge in [0.25, 0.3) is 11.8 Å². The molecule has 4 atom stereocenters. The number of carbonyl (C=O) groups excluding carboxylic acids is 2. The number of benzene rings is 3. The van der Waals surface area contributed by atoms with E-state index in [4.69, 9.17) is 18.9 Å². The highest BCUT2D eigenvalue weighted by Crippen LogP contribution is 2.42. The maximum absolute atomic E-state index is 13.7. The second kappa shape index (κ2) is 10.9. The van der Waals surface area contributed by atoms with Gasteiger partial charge in [-0.3, -0.25) is 19.5 Å². The highest BCUT2D eigenvalue weighted by molar-refractivity contribution is 6.14. The predicted octanol–water partition coefficient (Wildman–Crippen LogP) is 5.32. The summed E-state index contributed by atoms with van der Waals surface area (Å²) < 4.78 is 23.5. The van der Waals surface area contributed by atoms with Crippen LogP contribution in [0.4, 0.5) is 17.1 Å². The minimum atomic E-state index is -0.785. The summed E-state index contributed by atoms with van der Waals surface area (Å²) in [5.41, 5.74) is 4.07. The lowest BCUT2D eigenvalue weighted by Crippen LogP contribution is -2.48. The van der Waals surface area contributed by atoms with Gasteiger partial charge in [0.15, 0.2) is 23.0 Å². The number of ether oxygens (including phenoxy) is 4. The molecule has 0 spiro atoms. The van der Waals surface area contributed by atoms with Gasteiger partial charge in [-0.15, -0.1) is 0 Å². The van der Waals surface area contributed by atoms with E-state index in [1.54, 1.807) is 36.1 Å². The topological polar surface area (TPSA) is 111 Å². The van der Waals surface area contributed by atoms with Crippen molar-refractivity contribution in [2.75, 3.05) is 24.4 Å². The molecule has 10 heteroatoms. The van der Waals surface area contributed by atoms with Crippen LogP contribution < -0.4 is 34.5 Å². The summed E-state index contributed by atoms with van der Waals surface area (Å²) in [7, 11) is 3.04. The monoisotopic (exact) mass is 570 g/mol. The highest BCUT2D eigenvalue weighted by atomic mass is 16.7. The van der Waals surface area contributed by atoms with E-state index < -0.39 is 6.29 Å². The van der Waals surface area contributed by atoms with Crippen LogP contribution in [0.5, 0.6) is 23.0 Å². The van der Waals surface area contributed by atoms with E-state index >= 15 is 0 Å². The van der Waals surface area contributed by atoms with Crippen LogP contribution in [0.2, 0.25) is 0 Å². The Morgan fingerprint density at radius 3 is 2.33 bits per heavy atom. The van der Waals surface area contributed by atoms with Gasteiger partial charge in [-0.1, -0.05) is 32.0 Å². The van der Waals surface area contributed by atoms with Crippen molar-refractivity contribution < 1.29 is 28.5 Å². The van der Waals surface area contributed by atoms with E-state index in [-0.39, 0.29) is 29.9 Å². The van der Waals surface area contributed by atoms with E-state index in [1.165, 1.54) is 14.2 Å². The zero-order valence-corrected chi connectivity index (χ0v) is 24.3. The van der Waals surface area contributed by atoms with Crippen molar-refractivity contribution in [1.29, 1.82) is 0 Å². The third kappa shape index (κ3) is 4.76. The van der Waals surface area contributed by atoms with Crippen LogP contribution in [0.3, 0.4) is 0 Å². The normalized spacial score (nSPS) is 19.7. The third-order valence-electron chi connectivity index (χ3n) is 8.07. The van der Waals surface area contributed by atoms with Gasteiger partial charge in [0.1, 0.15) is 6.17 Å². The lowest BCUT2D eigenvalue weighted by Gasteiger charge is -2.32. The van der Waals surface area contributed by atoms with Gasteiger partial charge in [-0.05, 0) is 36.1 Å². The van der Waals surface area contributed by atoms with Crippen molar-refractivity contribution in [3.63, 3.8) is 0 Å². The second-order valence-corrected chi connectivity index (χ2v) is 10.7. The van der Waals surface area contributed by atoms with Crippen molar-refractivity contribution in [3.8, 4) is 23.0 Å². The lowest BCUT2D eigenvalue weighted by atomic mass is 10.0. The molecule has 6 rings (SSSR count). The van der Waals surface area contributed by atoms with Crippen LogP contribution in [0.15, 0.2) is 53.5 Å². The summed E-state index contributed by atoms with van der Waals surface area (Å²) in [6, 6.07) is 14.5. The summed E-state index contributed by atoms with van der Waals surface area (Å²) in [5, 5.41) is 6.40. The fourth-order valence-electron chi connectivity index (χ4n) is 5.61. The smallest absolute Gasteiger partial charge is 0.261 e. The van der Waals surface area contributed by atoms with Crippen LogP contribution in [0.25, 0.3) is 0 Å². The molecule has 42 heavy (non-hydrogen) atoms. The first-order chi connectivity index (χ1) is 20.3. The zero-order valence-electron chi connectivity index (χ0n) is 24.3. The average molecular weight is 571 g/mol. The summed E-state index contributed by atoms with van der Waals surface area (Å²) in [4.78, 5) is 33.0. The summed E-state index contributed by atoms with van der Waals surface area (Å²) in [6.45, 7) is 5.90. The standard InChI is InChI=1S/C32H34N4O6/c1-6-17(2)30-34-24-15-29(26(39-4)12-21(24)31(37)35-30)42-18(3)41-28-14-23-22(13-27(28)40-5)32(38)36-20(16-33-23)11-19-9-7-8-10-25(19)36/h7-10,12-18,20,30,34H,6,11H2,1-5H3,(H,35,37)/t17-,18?,20-,30?/m0/s1. The van der Waals surface area contributed by atoms with E-state index in [0.717, 1.165) is 17.7 Å². The predicted molar refractivity (Wildman–Crippen MR) is 160 cm³/mol. The molecule has 3 aliphatic rings. The molecule has 2 amide bonds. The van der Waals surface area contributed by atoms with E-state index in [9.17, 15) is 9.59 Å². The Bertz CT molecular complexity index is 1590. The SMILES string of the molecule is CC[C@H](C)C1NC(=O)c2cc(OC)c(OC(C)Oc3cc4c(cc3OC)C(=O)N3c5ccccc5C[C@H]3C=N4)cc2N1. The molecule has 2 unspecified atom stereocenters. The number of amides is 2. The van der Waals surface area contributed by atoms with Crippen LogP contribution in [-0.2, 0) is 6.42 Å². The number of hydrogen-bond acceptors (Lipinski definition) is 8. The summed E-state index contributed by atoms with van der Waals surface area (Å²) >= 11 is 0. The van der Waals surface area contributed by atoms with Crippen molar-refractivity contribution in [2.45, 2.75) is 52.1 Å². The number of fused-ring (bicyclic) bond motifs is 5. The molecule has 0 fully saturated rings. The van der Waals surface area contributed by atoms with E-state index in [1.807, 2.05) is 30.5 Å². The first-order valence-corrected chi connectivity index (χ1v) is 14.1. The van der Waals surface area contributed by atoms with Gasteiger partial charge in [0.2, 0.25) is 6.29 Å². The van der Waals surface area contributed by atoms with Crippen LogP contribution >= 0.6 is 0 Å². The van der Waals surface area contributed by atoms with Gasteiger partial charge >= 0.3 is 0 Å². The number of rotatable bonds is 8. The van der Waals surface area contributed by atoms with E-state index in [0.29, 0.717) is 51.9 Å². The molecule has 0 aliphatic carbocycles. The first-order valence-electron chi connectivity index (χ1n) is 14.1.